The first-order valence-corrected chi connectivity index (χ1v) is 4.10. The molecule has 1 rings (SSSR count). The van der Waals surface area contributed by atoms with E-state index in [2.05, 4.69) is 0 Å². The molecule has 9 heteroatoms. The Labute approximate surface area is 86.9 Å². The lowest BCUT2D eigenvalue weighted by atomic mass is 10.00. The van der Waals surface area contributed by atoms with E-state index in [1.165, 1.54) is 0 Å². The number of amides is 1. The van der Waals surface area contributed by atoms with Crippen LogP contribution < -0.4 is 0 Å². The van der Waals surface area contributed by atoms with Crippen molar-refractivity contribution in [3.05, 3.63) is 0 Å². The van der Waals surface area contributed by atoms with Gasteiger partial charge in [0.05, 0.1) is 6.54 Å². The van der Waals surface area contributed by atoms with Gasteiger partial charge in [0.15, 0.2) is 5.60 Å². The Morgan fingerprint density at radius 2 is 1.81 bits per heavy atom. The largest absolute Gasteiger partial charge is 0.480 e. The molecule has 1 unspecified atom stereocenters. The third-order valence-corrected chi connectivity index (χ3v) is 2.40. The molecule has 0 radical (unpaired) electrons. The Bertz CT molecular complexity index is 306. The zero-order valence-electron chi connectivity index (χ0n) is 7.73. The summed E-state index contributed by atoms with van der Waals surface area (Å²) in [4.78, 5) is 21.1. The number of carboxylic acid groups (broad SMARTS) is 2. The van der Waals surface area contributed by atoms with Crippen molar-refractivity contribution in [2.24, 2.45) is 0 Å². The van der Waals surface area contributed by atoms with Crippen LogP contribution in [0.15, 0.2) is 0 Å². The summed E-state index contributed by atoms with van der Waals surface area (Å²) in [5.74, 6) is -1.72. The summed E-state index contributed by atoms with van der Waals surface area (Å²) in [6.07, 6.45) is -8.07. The molecule has 16 heavy (non-hydrogen) atoms. The van der Waals surface area contributed by atoms with Gasteiger partial charge >= 0.3 is 18.2 Å². The highest BCUT2D eigenvalue weighted by Crippen LogP contribution is 2.40. The average Bonchev–Trinajstić information content (AvgIpc) is 2.43. The maximum Gasteiger partial charge on any atom is 0.419 e. The highest BCUT2D eigenvalue weighted by atomic mass is 19.4. The summed E-state index contributed by atoms with van der Waals surface area (Å²) in [7, 11) is 0. The molecule has 1 aliphatic heterocycles. The Morgan fingerprint density at radius 1 is 1.31 bits per heavy atom. The van der Waals surface area contributed by atoms with Crippen molar-refractivity contribution in [3.63, 3.8) is 0 Å². The first-order valence-electron chi connectivity index (χ1n) is 4.10. The van der Waals surface area contributed by atoms with Crippen molar-refractivity contribution in [1.82, 2.24) is 4.90 Å². The molecule has 92 valence electrons. The molecule has 6 nitrogen and oxygen atoms in total. The van der Waals surface area contributed by atoms with E-state index < -0.39 is 42.8 Å². The summed E-state index contributed by atoms with van der Waals surface area (Å²) in [5.41, 5.74) is -3.30. The van der Waals surface area contributed by atoms with Gasteiger partial charge in [0.2, 0.25) is 0 Å². The van der Waals surface area contributed by atoms with Gasteiger partial charge in [0, 0.05) is 6.42 Å². The molecule has 1 fully saturated rings. The van der Waals surface area contributed by atoms with Crippen LogP contribution in [0.3, 0.4) is 0 Å². The molecule has 1 amide bonds. The monoisotopic (exact) mass is 243 g/mol. The SMILES string of the molecule is O=C(O)[C@@H]1CC(O)(C(F)(F)F)CN1C(=O)O. The fourth-order valence-corrected chi connectivity index (χ4v) is 1.51. The van der Waals surface area contributed by atoms with Gasteiger partial charge < -0.3 is 15.3 Å². The van der Waals surface area contributed by atoms with Gasteiger partial charge in [-0.2, -0.15) is 13.2 Å². The average molecular weight is 243 g/mol. The molecule has 0 aromatic heterocycles. The van der Waals surface area contributed by atoms with Gasteiger partial charge in [-0.15, -0.1) is 0 Å². The minimum absolute atomic E-state index is 0.0653. The number of β-amino-alcohol motifs (C(OH)–C–C–N with tert-alkyl or cyclic N) is 1. The van der Waals surface area contributed by atoms with E-state index in [1.54, 1.807) is 0 Å². The number of aliphatic hydroxyl groups is 1. The van der Waals surface area contributed by atoms with Crippen LogP contribution in [0.5, 0.6) is 0 Å². The van der Waals surface area contributed by atoms with Gasteiger partial charge in [-0.25, -0.2) is 9.59 Å². The predicted octanol–water partition coefficient (Wildman–Crippen LogP) is 0.117. The molecule has 1 heterocycles. The molecule has 2 atom stereocenters. The number of hydrogen-bond acceptors (Lipinski definition) is 3. The van der Waals surface area contributed by atoms with Gasteiger partial charge in [-0.05, 0) is 0 Å². The van der Waals surface area contributed by atoms with Crippen molar-refractivity contribution in [3.8, 4) is 0 Å². The van der Waals surface area contributed by atoms with Crippen molar-refractivity contribution < 1.29 is 38.1 Å². The van der Waals surface area contributed by atoms with Crippen molar-refractivity contribution in [1.29, 1.82) is 0 Å². The molecule has 1 saturated heterocycles. The summed E-state index contributed by atoms with van der Waals surface area (Å²) in [5, 5.41) is 26.2. The number of rotatable bonds is 1. The molecule has 0 aliphatic carbocycles. The third-order valence-electron chi connectivity index (χ3n) is 2.40. The normalized spacial score (nSPS) is 30.5. The van der Waals surface area contributed by atoms with E-state index >= 15 is 0 Å². The molecule has 0 aromatic rings. The van der Waals surface area contributed by atoms with Gasteiger partial charge in [-0.1, -0.05) is 0 Å². The number of carbonyl (C=O) groups is 2. The Morgan fingerprint density at radius 3 is 2.06 bits per heavy atom. The van der Waals surface area contributed by atoms with Crippen LogP contribution in [0.25, 0.3) is 0 Å². The van der Waals surface area contributed by atoms with E-state index in [-0.39, 0.29) is 4.90 Å². The molecular formula is C7H8F3NO5. The zero-order valence-corrected chi connectivity index (χ0v) is 7.73. The minimum Gasteiger partial charge on any atom is -0.480 e. The van der Waals surface area contributed by atoms with Crippen molar-refractivity contribution in [2.75, 3.05) is 6.54 Å². The van der Waals surface area contributed by atoms with Gasteiger partial charge in [0.1, 0.15) is 6.04 Å². The Kier molecular flexibility index (Phi) is 2.75. The number of nitrogens with zero attached hydrogens (tertiary/aromatic N) is 1. The molecule has 1 aliphatic rings. The van der Waals surface area contributed by atoms with Crippen LogP contribution in [0.4, 0.5) is 18.0 Å². The molecule has 0 bridgehead atoms. The first kappa shape index (κ1) is 12.6. The second-order valence-corrected chi connectivity index (χ2v) is 3.50. The van der Waals surface area contributed by atoms with Gasteiger partial charge in [-0.3, -0.25) is 4.90 Å². The highest BCUT2D eigenvalue weighted by Gasteiger charge is 2.62. The van der Waals surface area contributed by atoms with E-state index in [9.17, 15) is 27.9 Å². The van der Waals surface area contributed by atoms with Crippen LogP contribution in [0.2, 0.25) is 0 Å². The Balaban J connectivity index is 3.01. The molecule has 0 spiro atoms. The summed E-state index contributed by atoms with van der Waals surface area (Å²) < 4.78 is 37.1. The third kappa shape index (κ3) is 1.90. The van der Waals surface area contributed by atoms with Gasteiger partial charge in [0.25, 0.3) is 0 Å². The summed E-state index contributed by atoms with van der Waals surface area (Å²) in [6.45, 7) is -1.29. The quantitative estimate of drug-likeness (QED) is 0.607. The number of carboxylic acids is 1. The standard InChI is InChI=1S/C7H8F3NO5/c8-7(9,10)6(16)1-3(4(12)13)11(2-6)5(14)15/h3,16H,1-2H2,(H,12,13)(H,14,15)/t3-,6?/m0/s1. The van der Waals surface area contributed by atoms with Crippen molar-refractivity contribution in [2.45, 2.75) is 24.2 Å². The number of hydrogen-bond donors (Lipinski definition) is 3. The zero-order chi connectivity index (χ0) is 12.7. The predicted molar refractivity (Wildman–Crippen MR) is 41.8 cm³/mol. The number of alkyl halides is 3. The lowest BCUT2D eigenvalue weighted by molar-refractivity contribution is -0.253. The van der Waals surface area contributed by atoms with Crippen LogP contribution in [0, 0.1) is 0 Å². The first-order chi connectivity index (χ1) is 7.08. The smallest absolute Gasteiger partial charge is 0.419 e. The van der Waals surface area contributed by atoms with E-state index in [0.29, 0.717) is 0 Å². The van der Waals surface area contributed by atoms with Crippen LogP contribution in [-0.4, -0.2) is 56.6 Å². The summed E-state index contributed by atoms with van der Waals surface area (Å²) in [6, 6.07) is -1.89. The Hall–Kier alpha value is -1.51. The number of likely N-dealkylation sites (tertiary alicyclic amines) is 1. The van der Waals surface area contributed by atoms with Crippen LogP contribution in [-0.2, 0) is 4.79 Å². The summed E-state index contributed by atoms with van der Waals surface area (Å²) >= 11 is 0. The second-order valence-electron chi connectivity index (χ2n) is 3.50. The van der Waals surface area contributed by atoms with E-state index in [1.807, 2.05) is 0 Å². The maximum atomic E-state index is 12.4. The fourth-order valence-electron chi connectivity index (χ4n) is 1.51. The molecule has 0 saturated carbocycles. The molecular weight excluding hydrogens is 235 g/mol. The fraction of sp³-hybridized carbons (Fsp3) is 0.714. The van der Waals surface area contributed by atoms with Crippen molar-refractivity contribution >= 4 is 12.1 Å². The number of aliphatic carboxylic acids is 1. The molecule has 3 N–H and O–H groups in total. The van der Waals surface area contributed by atoms with E-state index in [0.717, 1.165) is 0 Å². The minimum atomic E-state index is -5.06. The topological polar surface area (TPSA) is 98.1 Å². The van der Waals surface area contributed by atoms with Crippen LogP contribution >= 0.6 is 0 Å². The molecule has 0 aromatic carbocycles. The van der Waals surface area contributed by atoms with Crippen LogP contribution in [0.1, 0.15) is 6.42 Å². The lowest BCUT2D eigenvalue weighted by Gasteiger charge is -2.24. The number of halogens is 3. The highest BCUT2D eigenvalue weighted by molar-refractivity contribution is 5.80. The lowest BCUT2D eigenvalue weighted by Crippen LogP contribution is -2.47. The maximum absolute atomic E-state index is 12.4. The van der Waals surface area contributed by atoms with E-state index in [4.69, 9.17) is 10.2 Å². The second kappa shape index (κ2) is 3.51.